The van der Waals surface area contributed by atoms with E-state index in [0.29, 0.717) is 0 Å². The van der Waals surface area contributed by atoms with Crippen molar-refractivity contribution in [3.05, 3.63) is 20.8 Å². The maximum Gasteiger partial charge on any atom is 0.0398 e. The van der Waals surface area contributed by atoms with E-state index in [2.05, 4.69) is 28.2 Å². The Labute approximate surface area is 73.4 Å². The van der Waals surface area contributed by atoms with Gasteiger partial charge in [-0.15, -0.1) is 11.3 Å². The van der Waals surface area contributed by atoms with Crippen LogP contribution in [-0.2, 0) is 0 Å². The lowest BCUT2D eigenvalue weighted by Crippen LogP contribution is -2.06. The predicted octanol–water partition coefficient (Wildman–Crippen LogP) is 2.92. The van der Waals surface area contributed by atoms with E-state index in [4.69, 9.17) is 5.73 Å². The van der Waals surface area contributed by atoms with Crippen LogP contribution >= 0.6 is 27.3 Å². The van der Waals surface area contributed by atoms with Crippen LogP contribution in [0.4, 0.5) is 0 Å². The summed E-state index contributed by atoms with van der Waals surface area (Å²) in [7, 11) is 0. The molecule has 1 nitrogen and oxygen atoms in total. The van der Waals surface area contributed by atoms with Crippen LogP contribution in [0.5, 0.6) is 0 Å². The summed E-state index contributed by atoms with van der Waals surface area (Å²) < 4.78 is 1.15. The fourth-order valence-corrected chi connectivity index (χ4v) is 2.51. The molecule has 56 valence electrons. The average molecular weight is 220 g/mol. The molecular weight excluding hydrogens is 210 g/mol. The number of hydrogen-bond donors (Lipinski definition) is 1. The highest BCUT2D eigenvalue weighted by molar-refractivity contribution is 9.10. The number of hydrogen-bond acceptors (Lipinski definition) is 2. The molecule has 0 amide bonds. The van der Waals surface area contributed by atoms with Gasteiger partial charge in [0, 0.05) is 15.4 Å². The predicted molar refractivity (Wildman–Crippen MR) is 49.2 cm³/mol. The summed E-state index contributed by atoms with van der Waals surface area (Å²) in [6, 6.07) is 2.24. The van der Waals surface area contributed by atoms with Crippen molar-refractivity contribution < 1.29 is 0 Å². The van der Waals surface area contributed by atoms with E-state index in [1.165, 1.54) is 4.88 Å². The maximum atomic E-state index is 5.82. The SMILES string of the molecule is CCC(N)c1sccc1Br. The lowest BCUT2D eigenvalue weighted by atomic mass is 10.2. The van der Waals surface area contributed by atoms with Crippen molar-refractivity contribution in [3.8, 4) is 0 Å². The minimum absolute atomic E-state index is 0.203. The summed E-state index contributed by atoms with van der Waals surface area (Å²) in [6.45, 7) is 2.09. The first kappa shape index (κ1) is 8.24. The Morgan fingerprint density at radius 3 is 2.90 bits per heavy atom. The van der Waals surface area contributed by atoms with Gasteiger partial charge >= 0.3 is 0 Å². The summed E-state index contributed by atoms with van der Waals surface area (Å²) in [5.41, 5.74) is 5.82. The fraction of sp³-hybridized carbons (Fsp3) is 0.429. The molecule has 1 rings (SSSR count). The third kappa shape index (κ3) is 1.59. The molecule has 0 radical (unpaired) electrons. The van der Waals surface area contributed by atoms with Crippen LogP contribution in [0.2, 0.25) is 0 Å². The normalized spacial score (nSPS) is 13.5. The summed E-state index contributed by atoms with van der Waals surface area (Å²) >= 11 is 5.15. The zero-order chi connectivity index (χ0) is 7.56. The van der Waals surface area contributed by atoms with Crippen LogP contribution in [-0.4, -0.2) is 0 Å². The van der Waals surface area contributed by atoms with Gasteiger partial charge in [-0.1, -0.05) is 6.92 Å². The second-order valence-electron chi connectivity index (χ2n) is 2.15. The van der Waals surface area contributed by atoms with Crippen molar-refractivity contribution >= 4 is 27.3 Å². The lowest BCUT2D eigenvalue weighted by Gasteiger charge is -2.05. The van der Waals surface area contributed by atoms with E-state index in [-0.39, 0.29) is 6.04 Å². The molecule has 0 bridgehead atoms. The number of thiophene rings is 1. The molecule has 0 aliphatic heterocycles. The molecule has 1 atom stereocenters. The van der Waals surface area contributed by atoms with E-state index >= 15 is 0 Å². The second-order valence-corrected chi connectivity index (χ2v) is 3.95. The van der Waals surface area contributed by atoms with Crippen LogP contribution in [0.25, 0.3) is 0 Å². The summed E-state index contributed by atoms with van der Waals surface area (Å²) in [5.74, 6) is 0. The van der Waals surface area contributed by atoms with Crippen LogP contribution in [0.15, 0.2) is 15.9 Å². The van der Waals surface area contributed by atoms with Gasteiger partial charge in [-0.2, -0.15) is 0 Å². The quantitative estimate of drug-likeness (QED) is 0.814. The first-order chi connectivity index (χ1) is 4.75. The first-order valence-corrected chi connectivity index (χ1v) is 4.91. The second kappa shape index (κ2) is 3.51. The van der Waals surface area contributed by atoms with E-state index in [1.54, 1.807) is 11.3 Å². The molecule has 0 spiro atoms. The number of nitrogens with two attached hydrogens (primary N) is 1. The van der Waals surface area contributed by atoms with Gasteiger partial charge in [-0.3, -0.25) is 0 Å². The zero-order valence-electron chi connectivity index (χ0n) is 5.80. The molecular formula is C7H10BrNS. The molecule has 0 aromatic carbocycles. The Balaban J connectivity index is 2.82. The van der Waals surface area contributed by atoms with Crippen LogP contribution in [0.1, 0.15) is 24.3 Å². The molecule has 1 heterocycles. The van der Waals surface area contributed by atoms with E-state index in [1.807, 2.05) is 6.07 Å². The molecule has 2 N–H and O–H groups in total. The van der Waals surface area contributed by atoms with Crippen molar-refractivity contribution in [2.45, 2.75) is 19.4 Å². The summed E-state index contributed by atoms with van der Waals surface area (Å²) in [5, 5.41) is 2.05. The Bertz CT molecular complexity index is 209. The fourth-order valence-electron chi connectivity index (χ4n) is 0.755. The summed E-state index contributed by atoms with van der Waals surface area (Å²) in [6.07, 6.45) is 0.999. The molecule has 0 saturated heterocycles. The van der Waals surface area contributed by atoms with Gasteiger partial charge in [0.25, 0.3) is 0 Å². The van der Waals surface area contributed by atoms with Crippen LogP contribution in [0, 0.1) is 0 Å². The van der Waals surface area contributed by atoms with E-state index < -0.39 is 0 Å². The van der Waals surface area contributed by atoms with E-state index in [9.17, 15) is 0 Å². The number of rotatable bonds is 2. The molecule has 0 saturated carbocycles. The third-order valence-electron chi connectivity index (χ3n) is 1.42. The molecule has 1 aromatic rings. The topological polar surface area (TPSA) is 26.0 Å². The van der Waals surface area contributed by atoms with Gasteiger partial charge in [0.2, 0.25) is 0 Å². The van der Waals surface area contributed by atoms with Crippen LogP contribution < -0.4 is 5.73 Å². The number of halogens is 1. The monoisotopic (exact) mass is 219 g/mol. The molecule has 1 unspecified atom stereocenters. The van der Waals surface area contributed by atoms with Gasteiger partial charge in [-0.25, -0.2) is 0 Å². The molecule has 0 fully saturated rings. The van der Waals surface area contributed by atoms with Crippen LogP contribution in [0.3, 0.4) is 0 Å². The maximum absolute atomic E-state index is 5.82. The highest BCUT2D eigenvalue weighted by Gasteiger charge is 2.07. The minimum atomic E-state index is 0.203. The van der Waals surface area contributed by atoms with Gasteiger partial charge in [0.05, 0.1) is 0 Å². The van der Waals surface area contributed by atoms with Crippen molar-refractivity contribution in [3.63, 3.8) is 0 Å². The molecule has 0 aliphatic rings. The average Bonchev–Trinajstić information content (AvgIpc) is 2.34. The van der Waals surface area contributed by atoms with Gasteiger partial charge < -0.3 is 5.73 Å². The van der Waals surface area contributed by atoms with Gasteiger partial charge in [0.15, 0.2) is 0 Å². The van der Waals surface area contributed by atoms with Crippen molar-refractivity contribution in [2.24, 2.45) is 5.73 Å². The first-order valence-electron chi connectivity index (χ1n) is 3.24. The third-order valence-corrected chi connectivity index (χ3v) is 3.42. The molecule has 1 aromatic heterocycles. The Morgan fingerprint density at radius 2 is 2.50 bits per heavy atom. The minimum Gasteiger partial charge on any atom is -0.323 e. The molecule has 10 heavy (non-hydrogen) atoms. The van der Waals surface area contributed by atoms with Crippen molar-refractivity contribution in [1.29, 1.82) is 0 Å². The standard InChI is InChI=1S/C7H10BrNS/c1-2-6(9)7-5(8)3-4-10-7/h3-4,6H,2,9H2,1H3. The molecule has 3 heteroatoms. The highest BCUT2D eigenvalue weighted by atomic mass is 79.9. The Kier molecular flexibility index (Phi) is 2.89. The molecule has 0 aliphatic carbocycles. The zero-order valence-corrected chi connectivity index (χ0v) is 8.21. The van der Waals surface area contributed by atoms with E-state index in [0.717, 1.165) is 10.9 Å². The lowest BCUT2D eigenvalue weighted by molar-refractivity contribution is 0.709. The smallest absolute Gasteiger partial charge is 0.0398 e. The Hall–Kier alpha value is 0.140. The highest BCUT2D eigenvalue weighted by Crippen LogP contribution is 2.28. The Morgan fingerprint density at radius 1 is 1.80 bits per heavy atom. The summed E-state index contributed by atoms with van der Waals surface area (Å²) in [4.78, 5) is 1.25. The van der Waals surface area contributed by atoms with Crippen molar-refractivity contribution in [1.82, 2.24) is 0 Å². The van der Waals surface area contributed by atoms with Crippen molar-refractivity contribution in [2.75, 3.05) is 0 Å². The largest absolute Gasteiger partial charge is 0.323 e. The van der Waals surface area contributed by atoms with Gasteiger partial charge in [-0.05, 0) is 33.8 Å². The van der Waals surface area contributed by atoms with Gasteiger partial charge in [0.1, 0.15) is 0 Å².